The fourth-order valence-electron chi connectivity index (χ4n) is 14.3. The minimum absolute atomic E-state index is 0.155. The van der Waals surface area contributed by atoms with Gasteiger partial charge in [-0.2, -0.15) is 0 Å². The van der Waals surface area contributed by atoms with Crippen LogP contribution in [0, 0.1) is 23.7 Å². The zero-order chi connectivity index (χ0) is 106. The van der Waals surface area contributed by atoms with Gasteiger partial charge < -0.3 is 125 Å². The van der Waals surface area contributed by atoms with E-state index < -0.39 is 232 Å². The molecule has 47 nitrogen and oxygen atoms in total. The standard InChI is InChI=1S/C23H32N3O8PS.3C22H30N3O9PS/c1-14(2)32-23(30)15(3)25-35(36,34-17-8-6-5-7-9-17)31-13-19-18(12-27)21(29)22(33-19)26-11-10-20(28)24-16(26)4;3*1-13(2)32-21(29)14(3)24-35(36,34-15-7-5-4-6-8-15)31-12-17-16(11-26)19(28)20(33-17)25-10-9-18(27)23-22(25)30/h5-11,14-15,18-19,21-22,27,29H,4,12-13H2,1-3H3,(H,24,28)(H,25,36);3*4-10,13-14,16-17,19-20,26,28H,11-12H2,1-3H3,(H,24,36)(H,23,27,30)/t15-,18+,19+,21+,22+,35-;14-,16+,17+,19+,20+,35+;14-,16-,17-,19-,20-,35+;14-,16-,17-,19-,20-,35-/m0011/s1. The molecular formula is C89H122N12O35P4S4. The number of aliphatic hydroxyl groups excluding tert-OH is 8. The second kappa shape index (κ2) is 55.0. The lowest BCUT2D eigenvalue weighted by Gasteiger charge is -2.32. The number of benzene rings is 4. The van der Waals surface area contributed by atoms with Gasteiger partial charge in [-0.15, -0.1) is 0 Å². The van der Waals surface area contributed by atoms with E-state index in [1.807, 2.05) is 6.07 Å². The fourth-order valence-corrected chi connectivity index (χ4v) is 23.9. The fraction of sp³-hybridized carbons (Fsp3) is 0.494. The third-order valence-electron chi connectivity index (χ3n) is 21.3. The highest BCUT2D eigenvalue weighted by Crippen LogP contribution is 2.52. The summed E-state index contributed by atoms with van der Waals surface area (Å²) in [5.74, 6) is -3.86. The van der Waals surface area contributed by atoms with Crippen molar-refractivity contribution in [3.05, 3.63) is 245 Å². The number of ether oxygens (including phenoxy) is 8. The van der Waals surface area contributed by atoms with Gasteiger partial charge in [-0.25, -0.2) is 34.7 Å². The average molecular weight is 2170 g/mol. The highest BCUT2D eigenvalue weighted by atomic mass is 32.5. The Morgan fingerprint density at radius 2 is 0.590 bits per heavy atom. The molecule has 0 unspecified atom stereocenters. The second-order valence-corrected chi connectivity index (χ2v) is 46.5. The molecule has 4 saturated heterocycles. The number of H-pyrrole nitrogens is 3. The molecule has 16 N–H and O–H groups in total. The summed E-state index contributed by atoms with van der Waals surface area (Å²) in [6.07, 6.45) is -7.91. The SMILES string of the molecule is C=C1NC(=O)C=CN1[C@@H]1O[C@H](CO[P@@](=S)(N[C@@H](C)C(=O)OC(C)C)Oc2ccccc2)[C@@H](CO)[C@H]1O.CC(C)OC(=O)[C@@H](C)N[P@@](=S)(OC[C@H]1O[C@@H](n2ccc(=O)[nH]c2=O)[C@H](O)[C@@H]1CO)Oc1ccccc1.CC(C)OC(=O)[C@@H](C)N[P@](=S)(OC[C@H]1O[C@@H](n2ccc(=O)[nH]c2=O)[C@H](O)[C@@H]1CO)Oc1ccccc1.CC(C)OC(=O)[C@H](C)N[P@@](=S)(OC[C@H]1O[C@@H](n2ccc(=O)[nH]c2=O)[C@H](O)[C@@H]1CO)Oc1ccccc1. The maximum atomic E-state index is 12.4. The quantitative estimate of drug-likeness (QED) is 0.0148. The van der Waals surface area contributed by atoms with E-state index in [1.54, 1.807) is 198 Å². The van der Waals surface area contributed by atoms with E-state index in [4.69, 9.17) is 121 Å². The van der Waals surface area contributed by atoms with Crippen LogP contribution in [0.25, 0.3) is 0 Å². The lowest BCUT2D eigenvalue weighted by atomic mass is 9.99. The van der Waals surface area contributed by atoms with Crippen LogP contribution in [0.5, 0.6) is 23.0 Å². The first-order valence-electron chi connectivity index (χ1n) is 45.2. The monoisotopic (exact) mass is 2170 g/mol. The number of nitrogens with one attached hydrogen (secondary N) is 8. The van der Waals surface area contributed by atoms with Crippen LogP contribution in [0.15, 0.2) is 212 Å². The summed E-state index contributed by atoms with van der Waals surface area (Å²) in [6, 6.07) is 34.6. The summed E-state index contributed by atoms with van der Waals surface area (Å²) in [7, 11) is 0. The highest BCUT2D eigenvalue weighted by Gasteiger charge is 2.51. The molecule has 1 amide bonds. The van der Waals surface area contributed by atoms with Gasteiger partial charge in [-0.05, 0) is 179 Å². The van der Waals surface area contributed by atoms with Crippen molar-refractivity contribution < 1.29 is 139 Å². The largest absolute Gasteiger partial charge is 0.462 e. The zero-order valence-corrected chi connectivity index (χ0v) is 87.0. The van der Waals surface area contributed by atoms with Gasteiger partial charge in [0.15, 0.2) is 24.9 Å². The van der Waals surface area contributed by atoms with Crippen LogP contribution < -0.4 is 77.5 Å². The Hall–Kier alpha value is -9.45. The van der Waals surface area contributed by atoms with Gasteiger partial charge in [0, 0.05) is 72.7 Å². The number of carbonyl (C=O) groups is 5. The van der Waals surface area contributed by atoms with E-state index in [1.165, 1.54) is 35.8 Å². The normalized spacial score (nSPS) is 24.8. The summed E-state index contributed by atoms with van der Waals surface area (Å²) >= 11 is 22.7. The first-order chi connectivity index (χ1) is 68.1. The van der Waals surface area contributed by atoms with E-state index in [-0.39, 0.29) is 62.6 Å². The number of aromatic nitrogens is 6. The van der Waals surface area contributed by atoms with Crippen molar-refractivity contribution in [2.24, 2.45) is 23.7 Å². The van der Waals surface area contributed by atoms with Crippen LogP contribution in [0.4, 0.5) is 0 Å². The third kappa shape index (κ3) is 34.3. The Morgan fingerprint density at radius 1 is 0.368 bits per heavy atom. The molecule has 0 aliphatic carbocycles. The number of hydrogen-bond donors (Lipinski definition) is 16. The smallest absolute Gasteiger partial charge is 0.330 e. The van der Waals surface area contributed by atoms with E-state index in [0.717, 1.165) is 31.9 Å². The number of hydrogen-bond acceptors (Lipinski definition) is 40. The van der Waals surface area contributed by atoms with Gasteiger partial charge in [-0.3, -0.25) is 67.0 Å². The molecule has 55 heteroatoms. The van der Waals surface area contributed by atoms with E-state index in [2.05, 4.69) is 47.2 Å². The van der Waals surface area contributed by atoms with Crippen LogP contribution in [-0.4, -0.2) is 261 Å². The van der Waals surface area contributed by atoms with Crippen molar-refractivity contribution in [1.29, 1.82) is 0 Å². The summed E-state index contributed by atoms with van der Waals surface area (Å²) in [4.78, 5) is 140. The maximum Gasteiger partial charge on any atom is 0.330 e. The molecular weight excluding hydrogens is 2050 g/mol. The van der Waals surface area contributed by atoms with Crippen LogP contribution >= 0.6 is 26.6 Å². The summed E-state index contributed by atoms with van der Waals surface area (Å²) in [6.45, 7) is 7.68. The molecule has 4 fully saturated rings. The van der Waals surface area contributed by atoms with Gasteiger partial charge in [-0.1, -0.05) is 79.4 Å². The highest BCUT2D eigenvalue weighted by molar-refractivity contribution is 8.10. The van der Waals surface area contributed by atoms with Crippen molar-refractivity contribution in [2.45, 2.75) is 205 Å². The minimum atomic E-state index is -3.39. The van der Waals surface area contributed by atoms with Gasteiger partial charge in [0.05, 0.1) is 102 Å². The van der Waals surface area contributed by atoms with E-state index in [0.29, 0.717) is 23.0 Å². The van der Waals surface area contributed by atoms with Gasteiger partial charge >= 0.3 is 67.5 Å². The number of esters is 4. The number of para-hydroxylation sites is 4. The molecule has 0 spiro atoms. The lowest BCUT2D eigenvalue weighted by Crippen LogP contribution is -2.46. The zero-order valence-electron chi connectivity index (χ0n) is 80.2. The van der Waals surface area contributed by atoms with Crippen molar-refractivity contribution in [3.8, 4) is 23.0 Å². The predicted molar refractivity (Wildman–Crippen MR) is 533 cm³/mol. The maximum absolute atomic E-state index is 12.4. The predicted octanol–water partition coefficient (Wildman–Crippen LogP) is 3.31. The first kappa shape index (κ1) is 118. The summed E-state index contributed by atoms with van der Waals surface area (Å²) in [5.41, 5.74) is -4.13. The number of aromatic amines is 3. The van der Waals surface area contributed by atoms with Crippen molar-refractivity contribution in [1.82, 2.24) is 59.2 Å². The summed E-state index contributed by atoms with van der Waals surface area (Å²) in [5, 5.41) is 96.8. The Labute approximate surface area is 847 Å². The molecule has 0 saturated carbocycles. The van der Waals surface area contributed by atoms with Crippen molar-refractivity contribution in [2.75, 3.05) is 52.9 Å². The van der Waals surface area contributed by atoms with Crippen LogP contribution in [-0.2, 0) is 127 Å². The average Bonchev–Trinajstić information content (AvgIpc) is 1.66. The van der Waals surface area contributed by atoms with Gasteiger partial charge in [0.2, 0.25) is 0 Å². The van der Waals surface area contributed by atoms with Crippen molar-refractivity contribution >= 4 is 104 Å². The Kier molecular flexibility index (Phi) is 45.1. The molecule has 5 aliphatic rings. The number of rotatable bonds is 44. The summed E-state index contributed by atoms with van der Waals surface area (Å²) < 4.78 is 95.2. The molecule has 24 atom stereocenters. The van der Waals surface area contributed by atoms with E-state index >= 15 is 0 Å². The molecule has 5 aliphatic heterocycles. The molecule has 12 rings (SSSR count). The number of carbonyl (C=O) groups excluding carboxylic acids is 5. The molecule has 0 radical (unpaired) electrons. The molecule has 4 aromatic carbocycles. The molecule has 3 aromatic heterocycles. The molecule has 0 bridgehead atoms. The van der Waals surface area contributed by atoms with Crippen LogP contribution in [0.1, 0.15) is 102 Å². The number of nitrogens with zero attached hydrogens (tertiary/aromatic N) is 4. The van der Waals surface area contributed by atoms with E-state index in [9.17, 15) is 93.6 Å². The van der Waals surface area contributed by atoms with Crippen molar-refractivity contribution in [3.63, 3.8) is 0 Å². The number of amides is 1. The third-order valence-corrected chi connectivity index (χ3v) is 31.3. The lowest BCUT2D eigenvalue weighted by molar-refractivity contribution is -0.149. The van der Waals surface area contributed by atoms with Crippen LogP contribution in [0.3, 0.4) is 0 Å². The van der Waals surface area contributed by atoms with Gasteiger partial charge in [0.25, 0.3) is 22.6 Å². The molecule has 792 valence electrons. The Morgan fingerprint density at radius 3 is 0.799 bits per heavy atom. The second-order valence-electron chi connectivity index (χ2n) is 34.0. The Bertz CT molecular complexity index is 5580. The van der Waals surface area contributed by atoms with Gasteiger partial charge in [0.1, 0.15) is 77.4 Å². The molecule has 144 heavy (non-hydrogen) atoms. The first-order valence-corrected chi connectivity index (χ1v) is 55.7. The topological polar surface area (TPSA) is 623 Å². The molecule has 8 heterocycles. The Balaban J connectivity index is 0.000000214. The number of aliphatic hydroxyl groups is 8. The van der Waals surface area contributed by atoms with Crippen LogP contribution in [0.2, 0.25) is 0 Å². The minimum Gasteiger partial charge on any atom is -0.462 e. The molecule has 7 aromatic rings.